The zero-order valence-corrected chi connectivity index (χ0v) is 20.5. The van der Waals surface area contributed by atoms with Gasteiger partial charge in [0.1, 0.15) is 24.4 Å². The van der Waals surface area contributed by atoms with E-state index >= 15 is 0 Å². The van der Waals surface area contributed by atoms with Gasteiger partial charge in [-0.15, -0.1) is 11.8 Å². The van der Waals surface area contributed by atoms with Crippen molar-refractivity contribution < 1.29 is 34.5 Å². The first kappa shape index (κ1) is 31.5. The van der Waals surface area contributed by atoms with Crippen molar-refractivity contribution in [2.45, 2.75) is 43.8 Å². The Hall–Kier alpha value is -2.51. The van der Waals surface area contributed by atoms with Gasteiger partial charge in [0.2, 0.25) is 17.7 Å². The molecule has 11 nitrogen and oxygen atoms in total. The monoisotopic (exact) mass is 500 g/mol. The van der Waals surface area contributed by atoms with E-state index in [0.717, 1.165) is 12.0 Å². The maximum absolute atomic E-state index is 12.0. The van der Waals surface area contributed by atoms with E-state index in [1.165, 1.54) is 12.6 Å². The Kier molecular flexibility index (Phi) is 17.5. The van der Waals surface area contributed by atoms with Crippen molar-refractivity contribution in [3.8, 4) is 0 Å². The van der Waals surface area contributed by atoms with Gasteiger partial charge in [0.05, 0.1) is 19.8 Å². The summed E-state index contributed by atoms with van der Waals surface area (Å²) in [5.74, 6) is -0.570. The predicted molar refractivity (Wildman–Crippen MR) is 130 cm³/mol. The largest absolute Gasteiger partial charge is 0.394 e. The Labute approximate surface area is 204 Å². The number of benzene rings is 1. The van der Waals surface area contributed by atoms with E-state index < -0.39 is 55.7 Å². The number of hydrogen-bond acceptors (Lipinski definition) is 9. The number of thioether (sulfide) groups is 1. The van der Waals surface area contributed by atoms with Crippen LogP contribution in [0, 0.1) is 0 Å². The number of aliphatic hydroxyl groups is 3. The average molecular weight is 501 g/mol. The Morgan fingerprint density at radius 2 is 1.32 bits per heavy atom. The fraction of sp³-hybridized carbons (Fsp3) is 0.545. The highest BCUT2D eigenvalue weighted by Crippen LogP contribution is 2.09. The second-order valence-electron chi connectivity index (χ2n) is 7.34. The quantitative estimate of drug-likeness (QED) is 0.114. The van der Waals surface area contributed by atoms with Crippen molar-refractivity contribution in [1.82, 2.24) is 21.3 Å². The second kappa shape index (κ2) is 18.9. The molecule has 0 bridgehead atoms. The number of nitrogens with one attached hydrogen (secondary N) is 4. The topological polar surface area (TPSA) is 177 Å². The van der Waals surface area contributed by atoms with Crippen molar-refractivity contribution >= 4 is 35.8 Å². The standard InChI is InChI=1S/C13H26N4O6.C9H10OS/c1-7(2)15-12(22)9(5-19)17-13(23)10(6-20)16-11(21)8(4-18)14-3;10-6-7-11-8-9-4-2-1-3-5-9/h7-10,14,18-20H,4-6H2,1-3H3,(H,15,22)(H,16,21)(H,17,23);1-6H,7-8H2/t8-,9-,10?;/m0./s1. The summed E-state index contributed by atoms with van der Waals surface area (Å²) >= 11 is 1.64. The fourth-order valence-corrected chi connectivity index (χ4v) is 3.06. The molecule has 0 aliphatic carbocycles. The molecule has 1 unspecified atom stereocenters. The van der Waals surface area contributed by atoms with Gasteiger partial charge in [-0.1, -0.05) is 30.3 Å². The number of carbonyl (C=O) groups excluding carboxylic acids is 4. The van der Waals surface area contributed by atoms with Gasteiger partial charge in [-0.05, 0) is 26.5 Å². The van der Waals surface area contributed by atoms with Crippen LogP contribution in [0.2, 0.25) is 0 Å². The van der Waals surface area contributed by atoms with E-state index in [4.69, 9.17) is 5.11 Å². The molecular formula is C22H36N4O7S. The molecule has 0 fully saturated rings. The third-order valence-corrected chi connectivity index (χ3v) is 5.12. The van der Waals surface area contributed by atoms with E-state index in [9.17, 15) is 29.4 Å². The van der Waals surface area contributed by atoms with Crippen molar-refractivity contribution in [3.63, 3.8) is 0 Å². The SMILES string of the molecule is CN[C@@H](CO)C(=O)NC(CO)C(=O)N[C@@H](CO)C(=O)NC(C)C.O=CCSCc1ccccc1. The molecule has 192 valence electrons. The number of hydrogen-bond donors (Lipinski definition) is 7. The average Bonchev–Trinajstić information content (AvgIpc) is 2.82. The maximum atomic E-state index is 12.0. The van der Waals surface area contributed by atoms with E-state index in [1.54, 1.807) is 25.6 Å². The lowest BCUT2D eigenvalue weighted by Crippen LogP contribution is -2.58. The minimum Gasteiger partial charge on any atom is -0.394 e. The van der Waals surface area contributed by atoms with Crippen molar-refractivity contribution in [2.24, 2.45) is 0 Å². The lowest BCUT2D eigenvalue weighted by Gasteiger charge is -2.23. The minimum atomic E-state index is -1.31. The number of amides is 3. The Morgan fingerprint density at radius 3 is 1.74 bits per heavy atom. The summed E-state index contributed by atoms with van der Waals surface area (Å²) < 4.78 is 0. The van der Waals surface area contributed by atoms with E-state index in [-0.39, 0.29) is 6.04 Å². The van der Waals surface area contributed by atoms with Gasteiger partial charge in [-0.3, -0.25) is 14.4 Å². The Morgan fingerprint density at radius 1 is 0.853 bits per heavy atom. The molecule has 0 spiro atoms. The van der Waals surface area contributed by atoms with E-state index in [2.05, 4.69) is 33.4 Å². The fourth-order valence-electron chi connectivity index (χ4n) is 2.42. The molecule has 0 saturated carbocycles. The first-order chi connectivity index (χ1) is 16.2. The van der Waals surface area contributed by atoms with Gasteiger partial charge in [-0.2, -0.15) is 0 Å². The molecule has 3 amide bonds. The van der Waals surface area contributed by atoms with Crippen LogP contribution in [0.1, 0.15) is 19.4 Å². The molecule has 12 heteroatoms. The van der Waals surface area contributed by atoms with Crippen LogP contribution in [-0.2, 0) is 24.9 Å². The van der Waals surface area contributed by atoms with Crippen LogP contribution in [0.5, 0.6) is 0 Å². The number of rotatable bonds is 14. The molecule has 3 atom stereocenters. The van der Waals surface area contributed by atoms with Crippen LogP contribution in [0.15, 0.2) is 30.3 Å². The van der Waals surface area contributed by atoms with Crippen LogP contribution < -0.4 is 21.3 Å². The highest BCUT2D eigenvalue weighted by molar-refractivity contribution is 7.99. The number of aldehydes is 1. The van der Waals surface area contributed by atoms with Gasteiger partial charge < -0.3 is 41.4 Å². The molecule has 1 rings (SSSR count). The maximum Gasteiger partial charge on any atom is 0.245 e. The van der Waals surface area contributed by atoms with Crippen LogP contribution in [0.4, 0.5) is 0 Å². The first-order valence-electron chi connectivity index (χ1n) is 10.7. The van der Waals surface area contributed by atoms with Crippen LogP contribution in [-0.4, -0.2) is 96.1 Å². The lowest BCUT2D eigenvalue weighted by molar-refractivity contribution is -0.134. The summed E-state index contributed by atoms with van der Waals surface area (Å²) in [7, 11) is 1.45. The van der Waals surface area contributed by atoms with Crippen molar-refractivity contribution in [3.05, 3.63) is 35.9 Å². The normalized spacial score (nSPS) is 13.0. The summed E-state index contributed by atoms with van der Waals surface area (Å²) in [5, 5.41) is 36.9. The molecule has 0 radical (unpaired) electrons. The highest BCUT2D eigenvalue weighted by Gasteiger charge is 2.27. The van der Waals surface area contributed by atoms with Gasteiger partial charge in [0.25, 0.3) is 0 Å². The zero-order valence-electron chi connectivity index (χ0n) is 19.7. The molecule has 0 heterocycles. The molecule has 1 aromatic rings. The molecule has 0 saturated heterocycles. The zero-order chi connectivity index (χ0) is 25.9. The molecule has 0 aliphatic rings. The number of likely N-dealkylation sites (N-methyl/N-ethyl adjacent to an activating group) is 1. The number of aliphatic hydroxyl groups excluding tert-OH is 3. The van der Waals surface area contributed by atoms with Gasteiger partial charge in [-0.25, -0.2) is 0 Å². The summed E-state index contributed by atoms with van der Waals surface area (Å²) in [6.07, 6.45) is 0.938. The predicted octanol–water partition coefficient (Wildman–Crippen LogP) is -1.84. The summed E-state index contributed by atoms with van der Waals surface area (Å²) in [6.45, 7) is 1.61. The van der Waals surface area contributed by atoms with Crippen molar-refractivity contribution in [2.75, 3.05) is 32.6 Å². The molecular weight excluding hydrogens is 464 g/mol. The van der Waals surface area contributed by atoms with E-state index in [1.807, 2.05) is 18.2 Å². The smallest absolute Gasteiger partial charge is 0.245 e. The highest BCUT2D eigenvalue weighted by atomic mass is 32.2. The molecule has 0 aliphatic heterocycles. The lowest BCUT2D eigenvalue weighted by atomic mass is 10.2. The summed E-state index contributed by atoms with van der Waals surface area (Å²) in [6, 6.07) is 6.52. The van der Waals surface area contributed by atoms with E-state index in [0.29, 0.717) is 5.75 Å². The summed E-state index contributed by atoms with van der Waals surface area (Å²) in [5.41, 5.74) is 1.28. The molecule has 7 N–H and O–H groups in total. The third kappa shape index (κ3) is 13.3. The molecule has 1 aromatic carbocycles. The van der Waals surface area contributed by atoms with Gasteiger partial charge in [0, 0.05) is 17.5 Å². The van der Waals surface area contributed by atoms with Crippen LogP contribution in [0.3, 0.4) is 0 Å². The molecule has 34 heavy (non-hydrogen) atoms. The second-order valence-corrected chi connectivity index (χ2v) is 8.37. The van der Waals surface area contributed by atoms with Crippen LogP contribution in [0.25, 0.3) is 0 Å². The Bertz CT molecular complexity index is 733. The third-order valence-electron chi connectivity index (χ3n) is 4.21. The first-order valence-corrected chi connectivity index (χ1v) is 11.9. The van der Waals surface area contributed by atoms with Crippen molar-refractivity contribution in [1.29, 1.82) is 0 Å². The summed E-state index contributed by atoms with van der Waals surface area (Å²) in [4.78, 5) is 45.5. The van der Waals surface area contributed by atoms with Gasteiger partial charge in [0.15, 0.2) is 0 Å². The molecule has 0 aromatic heterocycles. The Balaban J connectivity index is 0.000000818. The number of carbonyl (C=O) groups is 4. The van der Waals surface area contributed by atoms with Crippen LogP contribution >= 0.6 is 11.8 Å². The minimum absolute atomic E-state index is 0.178. The van der Waals surface area contributed by atoms with Gasteiger partial charge >= 0.3 is 0 Å².